The van der Waals surface area contributed by atoms with Gasteiger partial charge in [0.15, 0.2) is 0 Å². The van der Waals surface area contributed by atoms with Crippen molar-refractivity contribution in [3.05, 3.63) is 36.0 Å². The molecule has 27 heavy (non-hydrogen) atoms. The molecule has 6 nitrogen and oxygen atoms in total. The number of carbonyl (C=O) groups is 1. The number of likely N-dealkylation sites (tertiary alicyclic amines) is 2. The molecule has 0 saturated carbocycles. The lowest BCUT2D eigenvalue weighted by molar-refractivity contribution is 0.0776. The van der Waals surface area contributed by atoms with Gasteiger partial charge in [-0.3, -0.25) is 4.79 Å². The van der Waals surface area contributed by atoms with Crippen LogP contribution >= 0.6 is 0 Å². The molecule has 3 N–H and O–H groups in total. The van der Waals surface area contributed by atoms with Gasteiger partial charge in [0, 0.05) is 56.0 Å². The molecule has 1 aromatic heterocycles. The molecule has 2 atom stereocenters. The molecule has 6 heteroatoms. The lowest BCUT2D eigenvalue weighted by Crippen LogP contribution is -2.40. The first-order chi connectivity index (χ1) is 13.2. The van der Waals surface area contributed by atoms with Crippen LogP contribution in [0.25, 0.3) is 10.9 Å². The van der Waals surface area contributed by atoms with Crippen molar-refractivity contribution in [3.8, 4) is 0 Å². The van der Waals surface area contributed by atoms with E-state index in [-0.39, 0.29) is 25.0 Å². The van der Waals surface area contributed by atoms with Crippen LogP contribution < -0.4 is 0 Å². The van der Waals surface area contributed by atoms with Crippen LogP contribution in [0.5, 0.6) is 0 Å². The van der Waals surface area contributed by atoms with Crippen molar-refractivity contribution < 1.29 is 15.0 Å². The minimum Gasteiger partial charge on any atom is -0.396 e. The molecule has 2 aliphatic rings. The summed E-state index contributed by atoms with van der Waals surface area (Å²) >= 11 is 0. The summed E-state index contributed by atoms with van der Waals surface area (Å²) < 4.78 is 0. The van der Waals surface area contributed by atoms with Gasteiger partial charge >= 0.3 is 0 Å². The second-order valence-electron chi connectivity index (χ2n) is 8.12. The van der Waals surface area contributed by atoms with Crippen molar-refractivity contribution in [1.29, 1.82) is 0 Å². The molecule has 0 unspecified atom stereocenters. The number of fused-ring (bicyclic) bond motifs is 1. The molecule has 2 saturated heterocycles. The van der Waals surface area contributed by atoms with E-state index in [1.54, 1.807) is 0 Å². The van der Waals surface area contributed by atoms with E-state index in [0.717, 1.165) is 43.4 Å². The number of aromatic amines is 1. The van der Waals surface area contributed by atoms with Crippen LogP contribution in [0.1, 0.15) is 23.2 Å². The van der Waals surface area contributed by atoms with Crippen molar-refractivity contribution in [2.24, 2.45) is 17.8 Å². The van der Waals surface area contributed by atoms with Gasteiger partial charge in [0.05, 0.1) is 0 Å². The monoisotopic (exact) mass is 371 g/mol. The molecule has 146 valence electrons. The van der Waals surface area contributed by atoms with Gasteiger partial charge in [-0.2, -0.15) is 0 Å². The number of amides is 1. The van der Waals surface area contributed by atoms with E-state index in [1.807, 2.05) is 35.4 Å². The van der Waals surface area contributed by atoms with Crippen LogP contribution in [0.4, 0.5) is 0 Å². The van der Waals surface area contributed by atoms with Crippen molar-refractivity contribution in [2.75, 3.05) is 45.9 Å². The third-order valence-corrected chi connectivity index (χ3v) is 6.36. The molecule has 0 radical (unpaired) electrons. The maximum absolute atomic E-state index is 13.0. The summed E-state index contributed by atoms with van der Waals surface area (Å²) in [4.78, 5) is 20.5. The third kappa shape index (κ3) is 3.88. The number of aliphatic hydroxyl groups excluding tert-OH is 2. The van der Waals surface area contributed by atoms with E-state index >= 15 is 0 Å². The lowest BCUT2D eigenvalue weighted by atomic mass is 9.93. The smallest absolute Gasteiger partial charge is 0.253 e. The summed E-state index contributed by atoms with van der Waals surface area (Å²) in [5.41, 5.74) is 1.67. The second kappa shape index (κ2) is 8.00. The fraction of sp³-hybridized carbons (Fsp3) is 0.571. The van der Waals surface area contributed by atoms with Crippen molar-refractivity contribution in [1.82, 2.24) is 14.8 Å². The Kier molecular flexibility index (Phi) is 5.48. The average molecular weight is 371 g/mol. The number of nitrogens with zero attached hydrogens (tertiary/aromatic N) is 2. The minimum atomic E-state index is 0.0476. The number of aliphatic hydroxyl groups is 2. The standard InChI is InChI=1S/C21H29N3O3/c25-13-15-4-7-23(8-5-15)10-18-11-24(12-19(18)14-26)21(27)17-2-1-16-3-6-22-20(16)9-17/h1-3,6,9,15,18-19,22,25-26H,4-5,7-8,10-14H2/t18-,19-/m1/s1. The fourth-order valence-corrected chi connectivity index (χ4v) is 4.56. The molecule has 1 aromatic carbocycles. The Morgan fingerprint density at radius 1 is 1.07 bits per heavy atom. The van der Waals surface area contributed by atoms with Crippen LogP contribution in [-0.2, 0) is 0 Å². The Morgan fingerprint density at radius 3 is 2.59 bits per heavy atom. The summed E-state index contributed by atoms with van der Waals surface area (Å²) in [6, 6.07) is 7.77. The Balaban J connectivity index is 1.40. The number of nitrogens with one attached hydrogen (secondary N) is 1. The zero-order valence-corrected chi connectivity index (χ0v) is 15.7. The van der Waals surface area contributed by atoms with Gasteiger partial charge in [-0.05, 0) is 61.4 Å². The topological polar surface area (TPSA) is 79.8 Å². The number of hydrogen-bond acceptors (Lipinski definition) is 4. The SMILES string of the molecule is O=C(c1ccc2cc[nH]c2c1)N1C[C@@H](CN2CCC(CO)CC2)[C@@H](CO)C1. The molecule has 2 fully saturated rings. The van der Waals surface area contributed by atoms with Gasteiger partial charge < -0.3 is 25.0 Å². The average Bonchev–Trinajstić information content (AvgIpc) is 3.34. The molecular formula is C21H29N3O3. The number of carbonyl (C=O) groups excluding carboxylic acids is 1. The molecular weight excluding hydrogens is 342 g/mol. The van der Waals surface area contributed by atoms with Gasteiger partial charge in [0.1, 0.15) is 0 Å². The van der Waals surface area contributed by atoms with Gasteiger partial charge in [-0.15, -0.1) is 0 Å². The normalized spacial score (nSPS) is 24.7. The van der Waals surface area contributed by atoms with Crippen molar-refractivity contribution >= 4 is 16.8 Å². The van der Waals surface area contributed by atoms with Gasteiger partial charge in [0.2, 0.25) is 0 Å². The maximum atomic E-state index is 13.0. The van der Waals surface area contributed by atoms with E-state index in [4.69, 9.17) is 0 Å². The Bertz CT molecular complexity index is 782. The zero-order valence-electron chi connectivity index (χ0n) is 15.7. The van der Waals surface area contributed by atoms with Gasteiger partial charge in [0.25, 0.3) is 5.91 Å². The quantitative estimate of drug-likeness (QED) is 0.745. The Hall–Kier alpha value is -1.89. The summed E-state index contributed by atoms with van der Waals surface area (Å²) in [6.07, 6.45) is 3.95. The van der Waals surface area contributed by atoms with Gasteiger partial charge in [-0.25, -0.2) is 0 Å². The van der Waals surface area contributed by atoms with Gasteiger partial charge in [-0.1, -0.05) is 6.07 Å². The van der Waals surface area contributed by atoms with Crippen molar-refractivity contribution in [3.63, 3.8) is 0 Å². The molecule has 0 bridgehead atoms. The lowest BCUT2D eigenvalue weighted by Gasteiger charge is -2.33. The number of aromatic nitrogens is 1. The molecule has 2 aromatic rings. The highest BCUT2D eigenvalue weighted by atomic mass is 16.3. The largest absolute Gasteiger partial charge is 0.396 e. The van der Waals surface area contributed by atoms with E-state index in [0.29, 0.717) is 30.5 Å². The molecule has 1 amide bonds. The molecule has 4 rings (SSSR count). The number of piperidine rings is 1. The van der Waals surface area contributed by atoms with Crippen LogP contribution in [0.3, 0.4) is 0 Å². The van der Waals surface area contributed by atoms with E-state index in [9.17, 15) is 15.0 Å². The zero-order chi connectivity index (χ0) is 18.8. The number of benzene rings is 1. The molecule has 0 spiro atoms. The number of hydrogen-bond donors (Lipinski definition) is 3. The van der Waals surface area contributed by atoms with Crippen molar-refractivity contribution in [2.45, 2.75) is 12.8 Å². The van der Waals surface area contributed by atoms with Crippen LogP contribution in [0.15, 0.2) is 30.5 Å². The highest BCUT2D eigenvalue weighted by molar-refractivity contribution is 5.98. The first-order valence-corrected chi connectivity index (χ1v) is 9.98. The van der Waals surface area contributed by atoms with E-state index in [1.165, 1.54) is 0 Å². The van der Waals surface area contributed by atoms with E-state index in [2.05, 4.69) is 9.88 Å². The summed E-state index contributed by atoms with van der Waals surface area (Å²) in [6.45, 7) is 4.64. The second-order valence-corrected chi connectivity index (χ2v) is 8.12. The minimum absolute atomic E-state index is 0.0476. The predicted octanol–water partition coefficient (Wildman–Crippen LogP) is 1.55. The van der Waals surface area contributed by atoms with Crippen LogP contribution in [-0.4, -0.2) is 76.8 Å². The number of H-pyrrole nitrogens is 1. The van der Waals surface area contributed by atoms with E-state index < -0.39 is 0 Å². The molecule has 2 aliphatic heterocycles. The Labute approximate surface area is 159 Å². The maximum Gasteiger partial charge on any atom is 0.253 e. The summed E-state index contributed by atoms with van der Waals surface area (Å²) in [7, 11) is 0. The number of rotatable bonds is 5. The first kappa shape index (κ1) is 18.5. The summed E-state index contributed by atoms with van der Waals surface area (Å²) in [5, 5.41) is 20.2. The fourth-order valence-electron chi connectivity index (χ4n) is 4.56. The first-order valence-electron chi connectivity index (χ1n) is 9.98. The van der Waals surface area contributed by atoms with Crippen LogP contribution in [0, 0.1) is 17.8 Å². The molecule has 3 heterocycles. The highest BCUT2D eigenvalue weighted by Gasteiger charge is 2.36. The highest BCUT2D eigenvalue weighted by Crippen LogP contribution is 2.28. The molecule has 0 aliphatic carbocycles. The third-order valence-electron chi connectivity index (χ3n) is 6.36. The predicted molar refractivity (Wildman–Crippen MR) is 105 cm³/mol. The summed E-state index contributed by atoms with van der Waals surface area (Å²) in [5.74, 6) is 0.920. The Morgan fingerprint density at radius 2 is 1.85 bits per heavy atom. The van der Waals surface area contributed by atoms with Crippen LogP contribution in [0.2, 0.25) is 0 Å².